The summed E-state index contributed by atoms with van der Waals surface area (Å²) in [6.07, 6.45) is 1.06. The molecule has 27 heavy (non-hydrogen) atoms. The molecule has 2 atom stereocenters. The van der Waals surface area contributed by atoms with E-state index in [-0.39, 0.29) is 18.7 Å². The Labute approximate surface area is 157 Å². The van der Waals surface area contributed by atoms with Crippen molar-refractivity contribution in [2.75, 3.05) is 18.8 Å². The van der Waals surface area contributed by atoms with Crippen molar-refractivity contribution in [3.05, 3.63) is 35.4 Å². The van der Waals surface area contributed by atoms with Crippen molar-refractivity contribution in [1.29, 1.82) is 0 Å². The van der Waals surface area contributed by atoms with Crippen LogP contribution in [0.4, 0.5) is 0 Å². The van der Waals surface area contributed by atoms with E-state index < -0.39 is 39.8 Å². The third-order valence-electron chi connectivity index (χ3n) is 5.27. The topological polar surface area (TPSA) is 112 Å². The molecule has 9 heteroatoms. The molecule has 1 aromatic carbocycles. The molecule has 1 aromatic rings. The van der Waals surface area contributed by atoms with Crippen LogP contribution in [0.5, 0.6) is 0 Å². The molecule has 0 aromatic heterocycles. The van der Waals surface area contributed by atoms with Crippen LogP contribution in [0, 0.1) is 5.92 Å². The highest BCUT2D eigenvalue weighted by Crippen LogP contribution is 2.27. The van der Waals surface area contributed by atoms with Gasteiger partial charge in [-0.3, -0.25) is 19.3 Å². The van der Waals surface area contributed by atoms with Crippen LogP contribution < -0.4 is 0 Å². The number of hydrogen-bond donors (Lipinski definition) is 1. The molecule has 3 rings (SSSR count). The van der Waals surface area contributed by atoms with Crippen LogP contribution >= 0.6 is 0 Å². The molecular formula is C18H22N2O6S. The first-order valence-corrected chi connectivity index (χ1v) is 10.5. The fourth-order valence-electron chi connectivity index (χ4n) is 3.80. The van der Waals surface area contributed by atoms with E-state index in [1.54, 1.807) is 31.2 Å². The van der Waals surface area contributed by atoms with Gasteiger partial charge in [-0.25, -0.2) is 8.42 Å². The Balaban J connectivity index is 1.63. The quantitative estimate of drug-likeness (QED) is 0.725. The fraction of sp³-hybridized carbons (Fsp3) is 0.500. The molecule has 1 N–H and O–H groups in total. The van der Waals surface area contributed by atoms with Crippen molar-refractivity contribution < 1.29 is 27.9 Å². The molecule has 0 saturated carbocycles. The summed E-state index contributed by atoms with van der Waals surface area (Å²) < 4.78 is 26.6. The van der Waals surface area contributed by atoms with E-state index in [0.717, 1.165) is 4.90 Å². The lowest BCUT2D eigenvalue weighted by atomic mass is 9.92. The molecular weight excluding hydrogens is 372 g/mol. The van der Waals surface area contributed by atoms with Crippen LogP contribution in [0.2, 0.25) is 0 Å². The van der Waals surface area contributed by atoms with Crippen LogP contribution in [0.15, 0.2) is 24.3 Å². The predicted octanol–water partition coefficient (Wildman–Crippen LogP) is 1.19. The van der Waals surface area contributed by atoms with Gasteiger partial charge in [0, 0.05) is 19.1 Å². The number of carboxylic acid groups (broad SMARTS) is 1. The molecule has 0 bridgehead atoms. The van der Waals surface area contributed by atoms with E-state index >= 15 is 0 Å². The van der Waals surface area contributed by atoms with Gasteiger partial charge in [0.15, 0.2) is 0 Å². The Morgan fingerprint density at radius 1 is 1.19 bits per heavy atom. The first-order chi connectivity index (χ1) is 12.7. The van der Waals surface area contributed by atoms with Gasteiger partial charge in [-0.15, -0.1) is 0 Å². The highest BCUT2D eigenvalue weighted by atomic mass is 32.2. The third-order valence-corrected chi connectivity index (χ3v) is 7.30. The Hall–Kier alpha value is -2.26. The Morgan fingerprint density at radius 3 is 2.33 bits per heavy atom. The van der Waals surface area contributed by atoms with Gasteiger partial charge >= 0.3 is 5.97 Å². The zero-order valence-corrected chi connectivity index (χ0v) is 15.8. The Bertz CT molecular complexity index is 847. The number of carbonyl (C=O) groups is 3. The van der Waals surface area contributed by atoms with E-state index in [1.165, 1.54) is 4.31 Å². The van der Waals surface area contributed by atoms with Crippen LogP contribution in [0.25, 0.3) is 0 Å². The maximum absolute atomic E-state index is 12.7. The lowest BCUT2D eigenvalue weighted by Gasteiger charge is -2.36. The van der Waals surface area contributed by atoms with Gasteiger partial charge in [-0.05, 0) is 38.3 Å². The monoisotopic (exact) mass is 394 g/mol. The number of carboxylic acids is 1. The van der Waals surface area contributed by atoms with Crippen molar-refractivity contribution in [2.45, 2.75) is 32.2 Å². The molecule has 2 aliphatic heterocycles. The van der Waals surface area contributed by atoms with Crippen molar-refractivity contribution >= 4 is 27.8 Å². The highest BCUT2D eigenvalue weighted by Gasteiger charge is 2.39. The summed E-state index contributed by atoms with van der Waals surface area (Å²) >= 11 is 0. The van der Waals surface area contributed by atoms with Crippen LogP contribution in [0.3, 0.4) is 0 Å². The normalized spacial score (nSPS) is 23.5. The molecule has 1 saturated heterocycles. The van der Waals surface area contributed by atoms with E-state index in [4.69, 9.17) is 0 Å². The molecule has 2 heterocycles. The number of fused-ring (bicyclic) bond motifs is 1. The van der Waals surface area contributed by atoms with Gasteiger partial charge in [-0.1, -0.05) is 12.1 Å². The average Bonchev–Trinajstić information content (AvgIpc) is 2.86. The first-order valence-electron chi connectivity index (χ1n) is 8.91. The molecule has 146 valence electrons. The second-order valence-corrected chi connectivity index (χ2v) is 8.96. The van der Waals surface area contributed by atoms with Crippen LogP contribution in [-0.2, 0) is 14.8 Å². The third kappa shape index (κ3) is 3.61. The summed E-state index contributed by atoms with van der Waals surface area (Å²) in [6.45, 7) is 1.91. The lowest BCUT2D eigenvalue weighted by molar-refractivity contribution is -0.144. The predicted molar refractivity (Wildman–Crippen MR) is 96.7 cm³/mol. The molecule has 1 fully saturated rings. The van der Waals surface area contributed by atoms with Gasteiger partial charge in [0.1, 0.15) is 0 Å². The maximum atomic E-state index is 12.7. The molecule has 0 unspecified atom stereocenters. The van der Waals surface area contributed by atoms with Gasteiger partial charge in [0.2, 0.25) is 10.0 Å². The minimum Gasteiger partial charge on any atom is -0.481 e. The molecule has 8 nitrogen and oxygen atoms in total. The Morgan fingerprint density at radius 2 is 1.78 bits per heavy atom. The van der Waals surface area contributed by atoms with E-state index in [0.29, 0.717) is 30.5 Å². The summed E-state index contributed by atoms with van der Waals surface area (Å²) in [5.41, 5.74) is 0.665. The van der Waals surface area contributed by atoms with Gasteiger partial charge in [-0.2, -0.15) is 4.31 Å². The summed E-state index contributed by atoms with van der Waals surface area (Å²) in [4.78, 5) is 37.0. The SMILES string of the molecule is C[C@@H]1[C@H](C(=O)O)CCCN1S(=O)(=O)CCCN1C(=O)c2ccccc2C1=O. The zero-order valence-electron chi connectivity index (χ0n) is 15.0. The van der Waals surface area contributed by atoms with E-state index in [2.05, 4.69) is 0 Å². The second-order valence-electron chi connectivity index (χ2n) is 6.92. The Kier molecular flexibility index (Phi) is 5.34. The van der Waals surface area contributed by atoms with Crippen molar-refractivity contribution in [1.82, 2.24) is 9.21 Å². The van der Waals surface area contributed by atoms with Crippen molar-refractivity contribution in [2.24, 2.45) is 5.92 Å². The number of rotatable bonds is 6. The molecule has 0 radical (unpaired) electrons. The smallest absolute Gasteiger partial charge is 0.308 e. The van der Waals surface area contributed by atoms with Gasteiger partial charge in [0.25, 0.3) is 11.8 Å². The standard InChI is InChI=1S/C18H22N2O6S/c1-12-13(18(23)24)8-4-10-20(12)27(25,26)11-5-9-19-16(21)14-6-2-3-7-15(14)17(19)22/h2-3,6-7,12-13H,4-5,8-11H2,1H3,(H,23,24)/t12-,13-/m1/s1. The number of piperidine rings is 1. The van der Waals surface area contributed by atoms with Crippen LogP contribution in [-0.4, -0.2) is 65.4 Å². The van der Waals surface area contributed by atoms with Gasteiger partial charge in [0.05, 0.1) is 22.8 Å². The minimum atomic E-state index is -3.67. The zero-order chi connectivity index (χ0) is 19.8. The summed E-state index contributed by atoms with van der Waals surface area (Å²) in [6, 6.07) is 5.89. The average molecular weight is 394 g/mol. The van der Waals surface area contributed by atoms with E-state index in [9.17, 15) is 27.9 Å². The molecule has 2 amide bonds. The number of aliphatic carboxylic acids is 1. The number of nitrogens with zero attached hydrogens (tertiary/aromatic N) is 2. The largest absolute Gasteiger partial charge is 0.481 e. The van der Waals surface area contributed by atoms with Crippen molar-refractivity contribution in [3.63, 3.8) is 0 Å². The molecule has 0 spiro atoms. The van der Waals surface area contributed by atoms with Crippen molar-refractivity contribution in [3.8, 4) is 0 Å². The summed E-state index contributed by atoms with van der Waals surface area (Å²) in [5.74, 6) is -2.77. The number of benzene rings is 1. The number of sulfonamides is 1. The molecule has 0 aliphatic carbocycles. The highest BCUT2D eigenvalue weighted by molar-refractivity contribution is 7.89. The molecule has 2 aliphatic rings. The maximum Gasteiger partial charge on any atom is 0.308 e. The van der Waals surface area contributed by atoms with E-state index in [1.807, 2.05) is 0 Å². The fourth-order valence-corrected chi connectivity index (χ4v) is 5.59. The summed E-state index contributed by atoms with van der Waals surface area (Å²) in [7, 11) is -3.67. The second kappa shape index (κ2) is 7.40. The minimum absolute atomic E-state index is 0.0101. The first kappa shape index (κ1) is 19.5. The van der Waals surface area contributed by atoms with Crippen LogP contribution in [0.1, 0.15) is 46.9 Å². The number of carbonyl (C=O) groups excluding carboxylic acids is 2. The summed E-state index contributed by atoms with van der Waals surface area (Å²) in [5, 5.41) is 9.25. The number of amides is 2. The number of hydrogen-bond acceptors (Lipinski definition) is 5. The lowest BCUT2D eigenvalue weighted by Crippen LogP contribution is -2.50. The van der Waals surface area contributed by atoms with Gasteiger partial charge < -0.3 is 5.11 Å². The number of imide groups is 1.